The molecule has 1 aromatic rings. The Morgan fingerprint density at radius 2 is 1.89 bits per heavy atom. The molecule has 1 fully saturated rings. The standard InChI is InChI=1S/C21H31N3O3/c1-16(15-27-2)22-20(25)14-23-10-7-18(8-11-23)21(26)24-12-9-17-5-3-4-6-19(17)13-24/h3-6,16,18H,7-15H2,1-2H3,(H,22,25). The number of hydrogen-bond donors (Lipinski definition) is 1. The number of hydrogen-bond acceptors (Lipinski definition) is 4. The van der Waals surface area contributed by atoms with E-state index in [-0.39, 0.29) is 23.8 Å². The van der Waals surface area contributed by atoms with E-state index in [4.69, 9.17) is 4.74 Å². The second-order valence-corrected chi connectivity index (χ2v) is 7.75. The molecule has 0 radical (unpaired) electrons. The third-order valence-electron chi connectivity index (χ3n) is 5.57. The maximum Gasteiger partial charge on any atom is 0.234 e. The molecule has 3 rings (SSSR count). The Morgan fingerprint density at radius 1 is 1.19 bits per heavy atom. The molecule has 1 N–H and O–H groups in total. The van der Waals surface area contributed by atoms with Crippen molar-refractivity contribution in [2.24, 2.45) is 5.92 Å². The summed E-state index contributed by atoms with van der Waals surface area (Å²) in [5.41, 5.74) is 2.64. The Bertz CT molecular complexity index is 656. The van der Waals surface area contributed by atoms with Gasteiger partial charge in [0.1, 0.15) is 0 Å². The predicted molar refractivity (Wildman–Crippen MR) is 104 cm³/mol. The van der Waals surface area contributed by atoms with Gasteiger partial charge in [0.15, 0.2) is 0 Å². The number of nitrogens with one attached hydrogen (secondary N) is 1. The van der Waals surface area contributed by atoms with Crippen molar-refractivity contribution >= 4 is 11.8 Å². The number of carbonyl (C=O) groups is 2. The lowest BCUT2D eigenvalue weighted by molar-refractivity contribution is -0.138. The van der Waals surface area contributed by atoms with Gasteiger partial charge in [-0.3, -0.25) is 14.5 Å². The number of benzene rings is 1. The minimum atomic E-state index is 0.0172. The number of amides is 2. The summed E-state index contributed by atoms with van der Waals surface area (Å²) in [7, 11) is 1.63. The lowest BCUT2D eigenvalue weighted by Crippen LogP contribution is -2.47. The van der Waals surface area contributed by atoms with E-state index in [9.17, 15) is 9.59 Å². The van der Waals surface area contributed by atoms with Crippen LogP contribution in [0.4, 0.5) is 0 Å². The fourth-order valence-electron chi connectivity index (χ4n) is 4.10. The van der Waals surface area contributed by atoms with Crippen LogP contribution in [0.2, 0.25) is 0 Å². The summed E-state index contributed by atoms with van der Waals surface area (Å²) in [6, 6.07) is 8.42. The molecule has 6 heteroatoms. The number of methoxy groups -OCH3 is 1. The number of nitrogens with zero attached hydrogens (tertiary/aromatic N) is 2. The Labute approximate surface area is 161 Å². The maximum absolute atomic E-state index is 12.9. The average Bonchev–Trinajstić information content (AvgIpc) is 2.67. The van der Waals surface area contributed by atoms with Crippen LogP contribution in [0.3, 0.4) is 0 Å². The molecule has 2 aliphatic heterocycles. The van der Waals surface area contributed by atoms with E-state index in [2.05, 4.69) is 28.4 Å². The van der Waals surface area contributed by atoms with E-state index in [1.165, 1.54) is 11.1 Å². The molecule has 0 spiro atoms. The fraction of sp³-hybridized carbons (Fsp3) is 0.619. The molecule has 148 valence electrons. The molecule has 2 aliphatic rings. The normalized spacial score (nSPS) is 19.4. The van der Waals surface area contributed by atoms with Crippen LogP contribution in [-0.2, 0) is 27.3 Å². The highest BCUT2D eigenvalue weighted by molar-refractivity contribution is 5.80. The zero-order valence-corrected chi connectivity index (χ0v) is 16.4. The first kappa shape index (κ1) is 19.8. The van der Waals surface area contributed by atoms with Gasteiger partial charge < -0.3 is 15.0 Å². The highest BCUT2D eigenvalue weighted by Gasteiger charge is 2.30. The number of ether oxygens (including phenoxy) is 1. The van der Waals surface area contributed by atoms with Crippen molar-refractivity contribution < 1.29 is 14.3 Å². The monoisotopic (exact) mass is 373 g/mol. The van der Waals surface area contributed by atoms with Crippen molar-refractivity contribution in [1.82, 2.24) is 15.1 Å². The highest BCUT2D eigenvalue weighted by atomic mass is 16.5. The van der Waals surface area contributed by atoms with Crippen LogP contribution in [0.1, 0.15) is 30.9 Å². The molecule has 1 unspecified atom stereocenters. The van der Waals surface area contributed by atoms with Crippen LogP contribution in [0.25, 0.3) is 0 Å². The van der Waals surface area contributed by atoms with E-state index in [1.54, 1.807) is 7.11 Å². The number of likely N-dealkylation sites (tertiary alicyclic amines) is 1. The first-order valence-electron chi connectivity index (χ1n) is 9.93. The Kier molecular flexibility index (Phi) is 6.85. The van der Waals surface area contributed by atoms with Crippen LogP contribution in [0.5, 0.6) is 0 Å². The minimum absolute atomic E-state index is 0.0172. The summed E-state index contributed by atoms with van der Waals surface area (Å²) in [6.07, 6.45) is 2.61. The van der Waals surface area contributed by atoms with E-state index in [0.29, 0.717) is 13.2 Å². The number of rotatable bonds is 6. The van der Waals surface area contributed by atoms with Gasteiger partial charge in [-0.05, 0) is 50.4 Å². The lowest BCUT2D eigenvalue weighted by Gasteiger charge is -2.36. The van der Waals surface area contributed by atoms with Gasteiger partial charge in [-0.1, -0.05) is 24.3 Å². The molecule has 2 heterocycles. The molecular formula is C21H31N3O3. The third kappa shape index (κ3) is 5.30. The number of fused-ring (bicyclic) bond motifs is 1. The molecule has 6 nitrogen and oxygen atoms in total. The van der Waals surface area contributed by atoms with Gasteiger partial charge in [0.05, 0.1) is 13.2 Å². The molecule has 0 saturated carbocycles. The van der Waals surface area contributed by atoms with Gasteiger partial charge in [0.2, 0.25) is 11.8 Å². The van der Waals surface area contributed by atoms with E-state index >= 15 is 0 Å². The van der Waals surface area contributed by atoms with Crippen LogP contribution >= 0.6 is 0 Å². The molecular weight excluding hydrogens is 342 g/mol. The van der Waals surface area contributed by atoms with Crippen molar-refractivity contribution in [1.29, 1.82) is 0 Å². The van der Waals surface area contributed by atoms with Gasteiger partial charge in [-0.25, -0.2) is 0 Å². The Balaban J connectivity index is 1.44. The molecule has 27 heavy (non-hydrogen) atoms. The van der Waals surface area contributed by atoms with Gasteiger partial charge in [-0.2, -0.15) is 0 Å². The van der Waals surface area contributed by atoms with Gasteiger partial charge in [-0.15, -0.1) is 0 Å². The second-order valence-electron chi connectivity index (χ2n) is 7.75. The second kappa shape index (κ2) is 9.33. The van der Waals surface area contributed by atoms with Crippen LogP contribution < -0.4 is 5.32 Å². The summed E-state index contributed by atoms with van der Waals surface area (Å²) < 4.78 is 5.04. The first-order valence-corrected chi connectivity index (χ1v) is 9.93. The van der Waals surface area contributed by atoms with Gasteiger partial charge in [0.25, 0.3) is 0 Å². The zero-order valence-electron chi connectivity index (χ0n) is 16.4. The summed E-state index contributed by atoms with van der Waals surface area (Å²) in [5.74, 6) is 0.390. The van der Waals surface area contributed by atoms with Gasteiger partial charge in [0, 0.05) is 32.2 Å². The fourth-order valence-corrected chi connectivity index (χ4v) is 4.10. The van der Waals surface area contributed by atoms with E-state index < -0.39 is 0 Å². The summed E-state index contributed by atoms with van der Waals surface area (Å²) in [4.78, 5) is 29.2. The summed E-state index contributed by atoms with van der Waals surface area (Å²) in [5, 5.41) is 2.94. The van der Waals surface area contributed by atoms with Crippen LogP contribution in [-0.4, -0.2) is 67.6 Å². The topological polar surface area (TPSA) is 61.9 Å². The molecule has 1 aromatic carbocycles. The van der Waals surface area contributed by atoms with E-state index in [0.717, 1.165) is 45.4 Å². The van der Waals surface area contributed by atoms with Crippen LogP contribution in [0, 0.1) is 5.92 Å². The first-order chi connectivity index (χ1) is 13.1. The summed E-state index contributed by atoms with van der Waals surface area (Å²) in [6.45, 7) is 5.99. The smallest absolute Gasteiger partial charge is 0.234 e. The average molecular weight is 373 g/mol. The number of piperidine rings is 1. The molecule has 0 aliphatic carbocycles. The van der Waals surface area contributed by atoms with Crippen molar-refractivity contribution in [3.63, 3.8) is 0 Å². The summed E-state index contributed by atoms with van der Waals surface area (Å²) >= 11 is 0. The molecule has 0 bridgehead atoms. The van der Waals surface area contributed by atoms with Crippen LogP contribution in [0.15, 0.2) is 24.3 Å². The predicted octanol–water partition coefficient (Wildman–Crippen LogP) is 1.43. The van der Waals surface area contributed by atoms with Crippen molar-refractivity contribution in [2.45, 2.75) is 38.8 Å². The van der Waals surface area contributed by atoms with Crippen molar-refractivity contribution in [3.05, 3.63) is 35.4 Å². The Morgan fingerprint density at radius 3 is 2.59 bits per heavy atom. The molecule has 0 aromatic heterocycles. The Hall–Kier alpha value is -1.92. The molecule has 2 amide bonds. The largest absolute Gasteiger partial charge is 0.383 e. The highest BCUT2D eigenvalue weighted by Crippen LogP contribution is 2.24. The molecule has 1 atom stereocenters. The van der Waals surface area contributed by atoms with E-state index in [1.807, 2.05) is 17.9 Å². The SMILES string of the molecule is COCC(C)NC(=O)CN1CCC(C(=O)N2CCc3ccccc3C2)CC1. The van der Waals surface area contributed by atoms with Crippen molar-refractivity contribution in [3.8, 4) is 0 Å². The zero-order chi connectivity index (χ0) is 19.2. The maximum atomic E-state index is 12.9. The van der Waals surface area contributed by atoms with Crippen molar-refractivity contribution in [2.75, 3.05) is 39.9 Å². The number of carbonyl (C=O) groups excluding carboxylic acids is 2. The third-order valence-corrected chi connectivity index (χ3v) is 5.57. The van der Waals surface area contributed by atoms with Gasteiger partial charge >= 0.3 is 0 Å². The lowest BCUT2D eigenvalue weighted by atomic mass is 9.93. The minimum Gasteiger partial charge on any atom is -0.383 e. The molecule has 1 saturated heterocycles. The quantitative estimate of drug-likeness (QED) is 0.820.